The normalized spacial score (nSPS) is 10.4. The van der Waals surface area contributed by atoms with Gasteiger partial charge < -0.3 is 10.2 Å². The number of anilines is 1. The zero-order valence-electron chi connectivity index (χ0n) is 11.0. The average molecular weight is 330 g/mol. The summed E-state index contributed by atoms with van der Waals surface area (Å²) in [5, 5.41) is 3.64. The molecule has 0 aliphatic carbocycles. The van der Waals surface area contributed by atoms with Crippen LogP contribution in [0.2, 0.25) is 9.49 Å². The van der Waals surface area contributed by atoms with Crippen LogP contribution in [-0.4, -0.2) is 29.9 Å². The molecule has 1 aromatic carbocycles. The second kappa shape index (κ2) is 6.43. The number of nitrogens with zero attached hydrogens (tertiary/aromatic N) is 2. The highest BCUT2D eigenvalue weighted by molar-refractivity contribution is 7.15. The molecule has 1 aromatic heterocycles. The van der Waals surface area contributed by atoms with Gasteiger partial charge in [0, 0.05) is 30.9 Å². The summed E-state index contributed by atoms with van der Waals surface area (Å²) in [6, 6.07) is 5.28. The van der Waals surface area contributed by atoms with Crippen LogP contribution in [-0.2, 0) is 6.54 Å². The molecule has 0 aliphatic rings. The van der Waals surface area contributed by atoms with E-state index in [4.69, 9.17) is 23.2 Å². The van der Waals surface area contributed by atoms with Crippen LogP contribution in [0.4, 0.5) is 5.69 Å². The molecule has 0 spiro atoms. The van der Waals surface area contributed by atoms with Crippen molar-refractivity contribution in [2.45, 2.75) is 6.54 Å². The Hall–Kier alpha value is -1.30. The molecule has 0 fully saturated rings. The fraction of sp³-hybridized carbons (Fsp3) is 0.231. The SMILES string of the molecule is CN(C)C(=O)c1ccc(NCc2cnc(Cl)s2)cc1Cl. The van der Waals surface area contributed by atoms with Crippen molar-refractivity contribution in [1.29, 1.82) is 0 Å². The minimum atomic E-state index is -0.115. The largest absolute Gasteiger partial charge is 0.380 e. The number of hydrogen-bond acceptors (Lipinski definition) is 4. The molecular weight excluding hydrogens is 317 g/mol. The molecule has 2 rings (SSSR count). The van der Waals surface area contributed by atoms with Crippen LogP contribution in [0.5, 0.6) is 0 Å². The van der Waals surface area contributed by atoms with Gasteiger partial charge in [-0.05, 0) is 18.2 Å². The third-order valence-electron chi connectivity index (χ3n) is 2.60. The lowest BCUT2D eigenvalue weighted by Gasteiger charge is -2.12. The molecule has 1 heterocycles. The van der Waals surface area contributed by atoms with E-state index in [1.54, 1.807) is 32.4 Å². The zero-order valence-corrected chi connectivity index (χ0v) is 13.3. The molecule has 0 bridgehead atoms. The van der Waals surface area contributed by atoms with Gasteiger partial charge in [0.2, 0.25) is 0 Å². The number of benzene rings is 1. The molecule has 0 saturated heterocycles. The van der Waals surface area contributed by atoms with E-state index < -0.39 is 0 Å². The maximum atomic E-state index is 11.9. The van der Waals surface area contributed by atoms with Gasteiger partial charge in [-0.2, -0.15) is 0 Å². The summed E-state index contributed by atoms with van der Waals surface area (Å²) in [6.07, 6.45) is 1.73. The van der Waals surface area contributed by atoms with Gasteiger partial charge in [0.25, 0.3) is 5.91 Å². The van der Waals surface area contributed by atoms with Gasteiger partial charge in [-0.3, -0.25) is 4.79 Å². The summed E-state index contributed by atoms with van der Waals surface area (Å²) in [5.74, 6) is -0.115. The maximum absolute atomic E-state index is 11.9. The number of carbonyl (C=O) groups is 1. The minimum Gasteiger partial charge on any atom is -0.380 e. The Morgan fingerprint density at radius 3 is 2.70 bits per heavy atom. The van der Waals surface area contributed by atoms with Crippen molar-refractivity contribution in [2.75, 3.05) is 19.4 Å². The fourth-order valence-corrected chi connectivity index (χ4v) is 2.77. The number of amides is 1. The topological polar surface area (TPSA) is 45.2 Å². The Morgan fingerprint density at radius 2 is 2.15 bits per heavy atom. The Balaban J connectivity index is 2.07. The van der Waals surface area contributed by atoms with E-state index >= 15 is 0 Å². The quantitative estimate of drug-likeness (QED) is 0.928. The van der Waals surface area contributed by atoms with Crippen LogP contribution >= 0.6 is 34.5 Å². The zero-order chi connectivity index (χ0) is 14.7. The Kier molecular flexibility index (Phi) is 4.86. The van der Waals surface area contributed by atoms with Crippen LogP contribution in [0.25, 0.3) is 0 Å². The number of aromatic nitrogens is 1. The molecule has 0 atom stereocenters. The number of thiazole rings is 1. The molecule has 20 heavy (non-hydrogen) atoms. The molecule has 4 nitrogen and oxygen atoms in total. The molecule has 106 valence electrons. The Morgan fingerprint density at radius 1 is 1.40 bits per heavy atom. The molecule has 0 saturated carbocycles. The van der Waals surface area contributed by atoms with E-state index in [9.17, 15) is 4.79 Å². The van der Waals surface area contributed by atoms with E-state index in [0.29, 0.717) is 21.6 Å². The lowest BCUT2D eigenvalue weighted by molar-refractivity contribution is 0.0828. The predicted octanol–water partition coefficient (Wildman–Crippen LogP) is 3.76. The molecule has 0 unspecified atom stereocenters. The summed E-state index contributed by atoms with van der Waals surface area (Å²) >= 11 is 13.3. The van der Waals surface area contributed by atoms with Crippen molar-refractivity contribution < 1.29 is 4.79 Å². The number of rotatable bonds is 4. The highest BCUT2D eigenvalue weighted by Crippen LogP contribution is 2.23. The number of hydrogen-bond donors (Lipinski definition) is 1. The van der Waals surface area contributed by atoms with Crippen LogP contribution in [0.15, 0.2) is 24.4 Å². The molecular formula is C13H13Cl2N3OS. The fourth-order valence-electron chi connectivity index (χ4n) is 1.59. The summed E-state index contributed by atoms with van der Waals surface area (Å²) in [7, 11) is 3.39. The van der Waals surface area contributed by atoms with Crippen LogP contribution in [0.3, 0.4) is 0 Å². The van der Waals surface area contributed by atoms with Crippen molar-refractivity contribution in [3.8, 4) is 0 Å². The molecule has 1 amide bonds. The van der Waals surface area contributed by atoms with Crippen molar-refractivity contribution in [3.05, 3.63) is 44.3 Å². The molecule has 0 radical (unpaired) electrons. The van der Waals surface area contributed by atoms with Gasteiger partial charge in [0.1, 0.15) is 0 Å². The Bertz CT molecular complexity index is 628. The van der Waals surface area contributed by atoms with E-state index in [1.807, 2.05) is 6.07 Å². The maximum Gasteiger partial charge on any atom is 0.254 e. The Labute approximate surface area is 131 Å². The molecule has 1 N–H and O–H groups in total. The summed E-state index contributed by atoms with van der Waals surface area (Å²) in [4.78, 5) is 18.4. The summed E-state index contributed by atoms with van der Waals surface area (Å²) in [5.41, 5.74) is 1.33. The molecule has 0 aliphatic heterocycles. The first-order valence-electron chi connectivity index (χ1n) is 5.82. The van der Waals surface area contributed by atoms with Crippen molar-refractivity contribution in [1.82, 2.24) is 9.88 Å². The average Bonchev–Trinajstić information content (AvgIpc) is 2.81. The molecule has 2 aromatic rings. The predicted molar refractivity (Wildman–Crippen MR) is 83.9 cm³/mol. The van der Waals surface area contributed by atoms with Gasteiger partial charge in [0.15, 0.2) is 4.47 Å². The number of carbonyl (C=O) groups excluding carboxylic acids is 1. The minimum absolute atomic E-state index is 0.115. The number of halogens is 2. The third kappa shape index (κ3) is 3.62. The van der Waals surface area contributed by atoms with Crippen molar-refractivity contribution in [2.24, 2.45) is 0 Å². The van der Waals surface area contributed by atoms with Gasteiger partial charge >= 0.3 is 0 Å². The van der Waals surface area contributed by atoms with Gasteiger partial charge in [0.05, 0.1) is 17.1 Å². The van der Waals surface area contributed by atoms with Gasteiger partial charge in [-0.25, -0.2) is 4.98 Å². The van der Waals surface area contributed by atoms with Gasteiger partial charge in [-0.1, -0.05) is 23.2 Å². The molecule has 7 heteroatoms. The second-order valence-corrected chi connectivity index (χ2v) is 6.43. The van der Waals surface area contributed by atoms with Gasteiger partial charge in [-0.15, -0.1) is 11.3 Å². The summed E-state index contributed by atoms with van der Waals surface area (Å²) < 4.78 is 0.520. The number of nitrogens with one attached hydrogen (secondary N) is 1. The van der Waals surface area contributed by atoms with Crippen molar-refractivity contribution in [3.63, 3.8) is 0 Å². The van der Waals surface area contributed by atoms with E-state index in [-0.39, 0.29) is 5.91 Å². The van der Waals surface area contributed by atoms with E-state index in [0.717, 1.165) is 10.6 Å². The van der Waals surface area contributed by atoms with E-state index in [2.05, 4.69) is 10.3 Å². The summed E-state index contributed by atoms with van der Waals surface area (Å²) in [6.45, 7) is 0.613. The van der Waals surface area contributed by atoms with E-state index in [1.165, 1.54) is 16.2 Å². The highest BCUT2D eigenvalue weighted by Gasteiger charge is 2.12. The highest BCUT2D eigenvalue weighted by atomic mass is 35.5. The first kappa shape index (κ1) is 15.1. The second-order valence-electron chi connectivity index (χ2n) is 4.33. The monoisotopic (exact) mass is 329 g/mol. The lowest BCUT2D eigenvalue weighted by atomic mass is 10.2. The van der Waals surface area contributed by atoms with Crippen LogP contribution in [0, 0.1) is 0 Å². The lowest BCUT2D eigenvalue weighted by Crippen LogP contribution is -2.22. The first-order chi connectivity index (χ1) is 9.47. The van der Waals surface area contributed by atoms with Crippen molar-refractivity contribution >= 4 is 46.1 Å². The van der Waals surface area contributed by atoms with Crippen LogP contribution < -0.4 is 5.32 Å². The standard InChI is InChI=1S/C13H13Cl2N3OS/c1-18(2)12(19)10-4-3-8(5-11(10)14)16-6-9-7-17-13(15)20-9/h3-5,7,16H,6H2,1-2H3. The first-order valence-corrected chi connectivity index (χ1v) is 7.40. The third-order valence-corrected chi connectivity index (χ3v) is 4.03. The smallest absolute Gasteiger partial charge is 0.254 e. The van der Waals surface area contributed by atoms with Crippen LogP contribution in [0.1, 0.15) is 15.2 Å².